The Morgan fingerprint density at radius 1 is 1.21 bits per heavy atom. The smallest absolute Gasteiger partial charge is 0.228 e. The molecule has 0 radical (unpaired) electrons. The Bertz CT molecular complexity index is 893. The molecule has 0 N–H and O–H groups in total. The van der Waals surface area contributed by atoms with Crippen molar-refractivity contribution in [1.82, 2.24) is 14.8 Å². The number of benzene rings is 1. The van der Waals surface area contributed by atoms with Gasteiger partial charge in [0, 0.05) is 61.7 Å². The molecule has 2 aromatic rings. The Kier molecular flexibility index (Phi) is 6.12. The zero-order valence-corrected chi connectivity index (χ0v) is 17.5. The lowest BCUT2D eigenvalue weighted by atomic mass is 10.1. The van der Waals surface area contributed by atoms with E-state index in [2.05, 4.69) is 9.88 Å². The number of halogens is 2. The topological polar surface area (TPSA) is 56.8 Å². The molecule has 154 valence electrons. The summed E-state index contributed by atoms with van der Waals surface area (Å²) in [7, 11) is 0. The molecule has 1 aromatic carbocycles. The average molecular weight is 437 g/mol. The molecule has 2 fully saturated rings. The molecular weight excluding hydrogens is 415 g/mol. The van der Waals surface area contributed by atoms with Crippen LogP contribution in [0.5, 0.6) is 0 Å². The van der Waals surface area contributed by atoms with Gasteiger partial charge in [-0.2, -0.15) is 0 Å². The third-order valence-electron chi connectivity index (χ3n) is 5.34. The Balaban J connectivity index is 1.29. The van der Waals surface area contributed by atoms with E-state index in [-0.39, 0.29) is 24.1 Å². The lowest BCUT2D eigenvalue weighted by Crippen LogP contribution is -2.48. The highest BCUT2D eigenvalue weighted by Gasteiger charge is 2.26. The summed E-state index contributed by atoms with van der Waals surface area (Å²) in [6.45, 7) is 3.65. The summed E-state index contributed by atoms with van der Waals surface area (Å²) in [5, 5.41) is 2.97. The second-order valence-corrected chi connectivity index (χ2v) is 8.55. The Morgan fingerprint density at radius 2 is 2.00 bits per heavy atom. The van der Waals surface area contributed by atoms with Crippen LogP contribution >= 0.6 is 22.9 Å². The van der Waals surface area contributed by atoms with Crippen LogP contribution in [-0.2, 0) is 22.6 Å². The number of carbonyl (C=O) groups is 2. The molecular formula is C20H22ClFN4O2S. The minimum absolute atomic E-state index is 0.0261. The number of carbonyl (C=O) groups excluding carboxylic acids is 2. The van der Waals surface area contributed by atoms with Gasteiger partial charge in [0.05, 0.1) is 12.1 Å². The van der Waals surface area contributed by atoms with Gasteiger partial charge in [-0.05, 0) is 18.6 Å². The van der Waals surface area contributed by atoms with Gasteiger partial charge in [-0.15, -0.1) is 11.3 Å². The Morgan fingerprint density at radius 3 is 2.69 bits per heavy atom. The zero-order chi connectivity index (χ0) is 20.4. The summed E-state index contributed by atoms with van der Waals surface area (Å²) in [4.78, 5) is 34.6. The third kappa shape index (κ3) is 4.60. The maximum atomic E-state index is 14.0. The molecule has 0 atom stereocenters. The van der Waals surface area contributed by atoms with Crippen LogP contribution in [0, 0.1) is 5.82 Å². The molecule has 29 heavy (non-hydrogen) atoms. The highest BCUT2D eigenvalue weighted by Crippen LogP contribution is 2.26. The summed E-state index contributed by atoms with van der Waals surface area (Å²) < 4.78 is 14.0. The van der Waals surface area contributed by atoms with Crippen molar-refractivity contribution in [2.75, 3.05) is 37.6 Å². The number of rotatable bonds is 5. The van der Waals surface area contributed by atoms with Crippen LogP contribution in [-0.4, -0.2) is 59.3 Å². The lowest BCUT2D eigenvalue weighted by molar-refractivity contribution is -0.132. The van der Waals surface area contributed by atoms with Gasteiger partial charge in [0.15, 0.2) is 5.13 Å². The maximum absolute atomic E-state index is 14.0. The molecule has 1 aromatic heterocycles. The highest BCUT2D eigenvalue weighted by atomic mass is 35.5. The fraction of sp³-hybridized carbons (Fsp3) is 0.450. The number of thiazole rings is 1. The lowest BCUT2D eigenvalue weighted by Gasteiger charge is -2.35. The highest BCUT2D eigenvalue weighted by molar-refractivity contribution is 7.14. The fourth-order valence-corrected chi connectivity index (χ4v) is 4.77. The minimum Gasteiger partial charge on any atom is -0.340 e. The van der Waals surface area contributed by atoms with Crippen LogP contribution in [0.15, 0.2) is 23.6 Å². The van der Waals surface area contributed by atoms with Gasteiger partial charge in [0.1, 0.15) is 5.82 Å². The molecule has 2 saturated heterocycles. The van der Waals surface area contributed by atoms with Crippen LogP contribution in [0.25, 0.3) is 0 Å². The van der Waals surface area contributed by atoms with E-state index in [1.807, 2.05) is 10.3 Å². The van der Waals surface area contributed by atoms with Gasteiger partial charge in [0.25, 0.3) is 0 Å². The van der Waals surface area contributed by atoms with Crippen molar-refractivity contribution >= 4 is 39.9 Å². The van der Waals surface area contributed by atoms with Gasteiger partial charge in [0.2, 0.25) is 11.8 Å². The molecule has 0 bridgehead atoms. The van der Waals surface area contributed by atoms with E-state index in [0.717, 1.165) is 6.42 Å². The number of anilines is 1. The van der Waals surface area contributed by atoms with Crippen LogP contribution in [0.1, 0.15) is 24.1 Å². The molecule has 0 aliphatic carbocycles. The number of hydrogen-bond acceptors (Lipinski definition) is 5. The van der Waals surface area contributed by atoms with Gasteiger partial charge in [-0.3, -0.25) is 19.4 Å². The molecule has 9 heteroatoms. The second-order valence-electron chi connectivity index (χ2n) is 7.30. The molecule has 0 unspecified atom stereocenters. The second kappa shape index (κ2) is 8.77. The van der Waals surface area contributed by atoms with Crippen LogP contribution < -0.4 is 4.90 Å². The predicted octanol–water partition coefficient (Wildman–Crippen LogP) is 2.95. The largest absolute Gasteiger partial charge is 0.340 e. The summed E-state index contributed by atoms with van der Waals surface area (Å²) >= 11 is 7.53. The normalized spacial score (nSPS) is 17.9. The van der Waals surface area contributed by atoms with Crippen molar-refractivity contribution in [2.24, 2.45) is 0 Å². The first-order valence-electron chi connectivity index (χ1n) is 9.69. The summed E-state index contributed by atoms with van der Waals surface area (Å²) in [6.07, 6.45) is 1.66. The van der Waals surface area contributed by atoms with E-state index >= 15 is 0 Å². The Hall–Kier alpha value is -2.03. The monoisotopic (exact) mass is 436 g/mol. The van der Waals surface area contributed by atoms with Gasteiger partial charge >= 0.3 is 0 Å². The molecule has 4 rings (SSSR count). The van der Waals surface area contributed by atoms with Crippen LogP contribution in [0.4, 0.5) is 9.52 Å². The minimum atomic E-state index is -0.299. The van der Waals surface area contributed by atoms with E-state index in [1.54, 1.807) is 17.0 Å². The van der Waals surface area contributed by atoms with E-state index < -0.39 is 0 Å². The van der Waals surface area contributed by atoms with Crippen molar-refractivity contribution in [3.63, 3.8) is 0 Å². The first-order chi connectivity index (χ1) is 14.0. The molecule has 2 amide bonds. The van der Waals surface area contributed by atoms with Gasteiger partial charge in [-0.1, -0.05) is 17.7 Å². The first-order valence-corrected chi connectivity index (χ1v) is 10.9. The van der Waals surface area contributed by atoms with Crippen molar-refractivity contribution in [3.8, 4) is 0 Å². The number of aromatic nitrogens is 1. The van der Waals surface area contributed by atoms with Crippen molar-refractivity contribution in [1.29, 1.82) is 0 Å². The van der Waals surface area contributed by atoms with Crippen LogP contribution in [0.3, 0.4) is 0 Å². The fourth-order valence-electron chi connectivity index (χ4n) is 3.68. The number of nitrogens with zero attached hydrogens (tertiary/aromatic N) is 4. The zero-order valence-electron chi connectivity index (χ0n) is 15.9. The average Bonchev–Trinajstić information content (AvgIpc) is 3.34. The van der Waals surface area contributed by atoms with Crippen molar-refractivity contribution < 1.29 is 14.0 Å². The van der Waals surface area contributed by atoms with Crippen LogP contribution in [0.2, 0.25) is 5.02 Å². The van der Waals surface area contributed by atoms with E-state index in [0.29, 0.717) is 67.1 Å². The molecule has 2 aliphatic rings. The summed E-state index contributed by atoms with van der Waals surface area (Å²) in [5.74, 6) is -0.173. The van der Waals surface area contributed by atoms with E-state index in [4.69, 9.17) is 11.6 Å². The first kappa shape index (κ1) is 20.3. The van der Waals surface area contributed by atoms with E-state index in [1.165, 1.54) is 17.4 Å². The maximum Gasteiger partial charge on any atom is 0.228 e. The molecule has 2 aliphatic heterocycles. The van der Waals surface area contributed by atoms with Gasteiger partial charge in [-0.25, -0.2) is 9.37 Å². The number of hydrogen-bond donors (Lipinski definition) is 0. The third-order valence-corrected chi connectivity index (χ3v) is 6.61. The van der Waals surface area contributed by atoms with Crippen molar-refractivity contribution in [3.05, 3.63) is 45.7 Å². The SMILES string of the molecule is O=C(Cc1csc(N2CCCC2=O)n1)N1CCN(Cc2c(F)cccc2Cl)CC1. The number of amides is 2. The molecule has 3 heterocycles. The quantitative estimate of drug-likeness (QED) is 0.723. The predicted molar refractivity (Wildman–Crippen MR) is 111 cm³/mol. The molecule has 0 spiro atoms. The number of piperazine rings is 1. The van der Waals surface area contributed by atoms with Crippen molar-refractivity contribution in [2.45, 2.75) is 25.8 Å². The van der Waals surface area contributed by atoms with Gasteiger partial charge < -0.3 is 4.90 Å². The standard InChI is InChI=1S/C20H22ClFN4O2S/c21-16-3-1-4-17(22)15(16)12-24-7-9-25(10-8-24)19(28)11-14-13-29-20(23-14)26-6-2-5-18(26)27/h1,3-4,13H,2,5-12H2. The summed E-state index contributed by atoms with van der Waals surface area (Å²) in [6, 6.07) is 4.71. The summed E-state index contributed by atoms with van der Waals surface area (Å²) in [5.41, 5.74) is 1.20. The molecule has 6 nitrogen and oxygen atoms in total. The Labute approximate surface area is 177 Å². The van der Waals surface area contributed by atoms with E-state index in [9.17, 15) is 14.0 Å². The molecule has 0 saturated carbocycles.